The first-order chi connectivity index (χ1) is 14.9. The highest BCUT2D eigenvalue weighted by Crippen LogP contribution is 2.19. The Kier molecular flexibility index (Phi) is 7.16. The van der Waals surface area contributed by atoms with Gasteiger partial charge < -0.3 is 19.9 Å². The summed E-state index contributed by atoms with van der Waals surface area (Å²) in [5.41, 5.74) is 1.23. The zero-order valence-electron chi connectivity index (χ0n) is 17.2. The average molecular weight is 421 g/mol. The van der Waals surface area contributed by atoms with Crippen LogP contribution < -0.4 is 10.6 Å². The number of esters is 1. The Bertz CT molecular complexity index is 1030. The molecule has 0 bridgehead atoms. The van der Waals surface area contributed by atoms with E-state index in [1.165, 1.54) is 6.92 Å². The maximum absolute atomic E-state index is 12.6. The predicted molar refractivity (Wildman–Crippen MR) is 113 cm³/mol. The molecule has 2 aromatic carbocycles. The number of amides is 2. The first kappa shape index (κ1) is 21.8. The molecule has 3 aromatic rings. The number of hydrogen-bond acceptors (Lipinski definition) is 6. The van der Waals surface area contributed by atoms with Crippen molar-refractivity contribution < 1.29 is 23.6 Å². The standard InChI is InChI=1S/C23H23N3O5/c1-15-13-20(26-31-15)25-22(28)16(2)30-21(27)14-19(17-9-5-3-6-10-17)24-23(29)18-11-7-4-8-12-18/h3-13,16,19H,14H2,1-2H3,(H,24,29)(H,25,26,28). The molecular formula is C23H23N3O5. The minimum atomic E-state index is -1.05. The second-order valence-electron chi connectivity index (χ2n) is 6.95. The summed E-state index contributed by atoms with van der Waals surface area (Å²) < 4.78 is 10.2. The monoisotopic (exact) mass is 421 g/mol. The molecule has 8 heteroatoms. The number of nitrogens with one attached hydrogen (secondary N) is 2. The summed E-state index contributed by atoms with van der Waals surface area (Å²) in [4.78, 5) is 37.4. The van der Waals surface area contributed by atoms with E-state index in [1.807, 2.05) is 36.4 Å². The van der Waals surface area contributed by atoms with Gasteiger partial charge in [-0.15, -0.1) is 0 Å². The Morgan fingerprint density at radius 1 is 1.03 bits per heavy atom. The summed E-state index contributed by atoms with van der Waals surface area (Å²) in [7, 11) is 0. The van der Waals surface area contributed by atoms with Gasteiger partial charge in [0.25, 0.3) is 11.8 Å². The first-order valence-corrected chi connectivity index (χ1v) is 9.77. The van der Waals surface area contributed by atoms with Gasteiger partial charge in [0, 0.05) is 11.6 Å². The largest absolute Gasteiger partial charge is 0.452 e. The Hall–Kier alpha value is -3.94. The number of aryl methyl sites for hydroxylation is 1. The average Bonchev–Trinajstić information content (AvgIpc) is 3.18. The SMILES string of the molecule is Cc1cc(NC(=O)C(C)OC(=O)CC(NC(=O)c2ccccc2)c2ccccc2)no1. The molecule has 2 atom stereocenters. The second-order valence-corrected chi connectivity index (χ2v) is 6.95. The molecule has 0 fully saturated rings. The van der Waals surface area contributed by atoms with Crippen LogP contribution in [0, 0.1) is 6.92 Å². The Morgan fingerprint density at radius 3 is 2.29 bits per heavy atom. The fourth-order valence-corrected chi connectivity index (χ4v) is 2.89. The van der Waals surface area contributed by atoms with Gasteiger partial charge in [0.05, 0.1) is 12.5 Å². The molecule has 0 saturated carbocycles. The van der Waals surface area contributed by atoms with Crippen LogP contribution in [0.1, 0.15) is 41.1 Å². The summed E-state index contributed by atoms with van der Waals surface area (Å²) in [6.45, 7) is 3.15. The fourth-order valence-electron chi connectivity index (χ4n) is 2.89. The maximum Gasteiger partial charge on any atom is 0.309 e. The van der Waals surface area contributed by atoms with E-state index in [1.54, 1.807) is 37.3 Å². The number of nitrogens with zero attached hydrogens (tertiary/aromatic N) is 1. The van der Waals surface area contributed by atoms with Crippen LogP contribution in [0.2, 0.25) is 0 Å². The van der Waals surface area contributed by atoms with Crippen molar-refractivity contribution in [2.75, 3.05) is 5.32 Å². The highest BCUT2D eigenvalue weighted by Gasteiger charge is 2.24. The van der Waals surface area contributed by atoms with E-state index >= 15 is 0 Å². The lowest BCUT2D eigenvalue weighted by molar-refractivity contribution is -0.153. The molecule has 0 aliphatic heterocycles. The van der Waals surface area contributed by atoms with Crippen LogP contribution >= 0.6 is 0 Å². The zero-order chi connectivity index (χ0) is 22.2. The maximum atomic E-state index is 12.6. The highest BCUT2D eigenvalue weighted by atomic mass is 16.5. The molecule has 0 spiro atoms. The molecule has 0 radical (unpaired) electrons. The Balaban J connectivity index is 1.63. The summed E-state index contributed by atoms with van der Waals surface area (Å²) in [5.74, 6) is -0.690. The van der Waals surface area contributed by atoms with Crippen LogP contribution in [0.5, 0.6) is 0 Å². The molecule has 0 aliphatic carbocycles. The number of hydrogen-bond donors (Lipinski definition) is 2. The number of aromatic nitrogens is 1. The van der Waals surface area contributed by atoms with Crippen LogP contribution in [-0.2, 0) is 14.3 Å². The molecule has 160 valence electrons. The molecule has 8 nitrogen and oxygen atoms in total. The number of ether oxygens (including phenoxy) is 1. The van der Waals surface area contributed by atoms with Crippen molar-refractivity contribution in [3.05, 3.63) is 83.6 Å². The third-order valence-electron chi connectivity index (χ3n) is 4.47. The van der Waals surface area contributed by atoms with E-state index in [0.717, 1.165) is 5.56 Å². The van der Waals surface area contributed by atoms with Gasteiger partial charge in [0.2, 0.25) is 0 Å². The number of benzene rings is 2. The number of carbonyl (C=O) groups excluding carboxylic acids is 3. The third-order valence-corrected chi connectivity index (χ3v) is 4.47. The van der Waals surface area contributed by atoms with Crippen molar-refractivity contribution in [1.29, 1.82) is 0 Å². The van der Waals surface area contributed by atoms with Gasteiger partial charge in [-0.2, -0.15) is 0 Å². The zero-order valence-corrected chi connectivity index (χ0v) is 17.2. The third kappa shape index (κ3) is 6.27. The summed E-state index contributed by atoms with van der Waals surface area (Å²) >= 11 is 0. The van der Waals surface area contributed by atoms with Crippen molar-refractivity contribution in [2.24, 2.45) is 0 Å². The highest BCUT2D eigenvalue weighted by molar-refractivity contribution is 5.95. The minimum Gasteiger partial charge on any atom is -0.452 e. The molecule has 2 amide bonds. The smallest absolute Gasteiger partial charge is 0.309 e. The Morgan fingerprint density at radius 2 is 1.68 bits per heavy atom. The molecule has 1 heterocycles. The summed E-state index contributed by atoms with van der Waals surface area (Å²) in [6.07, 6.45) is -1.19. The first-order valence-electron chi connectivity index (χ1n) is 9.77. The fraction of sp³-hybridized carbons (Fsp3) is 0.217. The van der Waals surface area contributed by atoms with Crippen LogP contribution in [0.25, 0.3) is 0 Å². The molecule has 1 aromatic heterocycles. The molecule has 31 heavy (non-hydrogen) atoms. The molecule has 0 saturated heterocycles. The van der Waals surface area contributed by atoms with Crippen LogP contribution in [0.3, 0.4) is 0 Å². The molecule has 3 rings (SSSR count). The van der Waals surface area contributed by atoms with Crippen molar-refractivity contribution in [3.8, 4) is 0 Å². The van der Waals surface area contributed by atoms with Crippen molar-refractivity contribution in [2.45, 2.75) is 32.4 Å². The lowest BCUT2D eigenvalue weighted by Gasteiger charge is -2.20. The molecule has 0 aliphatic rings. The second kappa shape index (κ2) is 10.2. The van der Waals surface area contributed by atoms with Gasteiger partial charge in [-0.05, 0) is 31.5 Å². The minimum absolute atomic E-state index is 0.136. The van der Waals surface area contributed by atoms with Crippen LogP contribution in [0.15, 0.2) is 71.3 Å². The number of anilines is 1. The van der Waals surface area contributed by atoms with Gasteiger partial charge in [-0.1, -0.05) is 53.7 Å². The van der Waals surface area contributed by atoms with Gasteiger partial charge in [0.1, 0.15) is 5.76 Å². The molecule has 2 N–H and O–H groups in total. The lowest BCUT2D eigenvalue weighted by Crippen LogP contribution is -2.33. The van der Waals surface area contributed by atoms with Gasteiger partial charge >= 0.3 is 5.97 Å². The topological polar surface area (TPSA) is 111 Å². The molecular weight excluding hydrogens is 398 g/mol. The lowest BCUT2D eigenvalue weighted by atomic mass is 10.0. The molecule has 2 unspecified atom stereocenters. The van der Waals surface area contributed by atoms with Crippen LogP contribution in [0.4, 0.5) is 5.82 Å². The van der Waals surface area contributed by atoms with Gasteiger partial charge in [-0.25, -0.2) is 0 Å². The van der Waals surface area contributed by atoms with Crippen molar-refractivity contribution in [3.63, 3.8) is 0 Å². The van der Waals surface area contributed by atoms with E-state index < -0.39 is 24.0 Å². The predicted octanol–water partition coefficient (Wildman–Crippen LogP) is 3.41. The number of carbonyl (C=O) groups is 3. The Labute approximate surface area is 179 Å². The van der Waals surface area contributed by atoms with Crippen molar-refractivity contribution in [1.82, 2.24) is 10.5 Å². The van der Waals surface area contributed by atoms with Gasteiger partial charge in [-0.3, -0.25) is 14.4 Å². The van der Waals surface area contributed by atoms with E-state index in [2.05, 4.69) is 15.8 Å². The summed E-state index contributed by atoms with van der Waals surface area (Å²) in [5, 5.41) is 9.05. The van der Waals surface area contributed by atoms with E-state index in [-0.39, 0.29) is 18.1 Å². The van der Waals surface area contributed by atoms with E-state index in [9.17, 15) is 14.4 Å². The summed E-state index contributed by atoms with van der Waals surface area (Å²) in [6, 6.07) is 18.8. The van der Waals surface area contributed by atoms with E-state index in [0.29, 0.717) is 11.3 Å². The van der Waals surface area contributed by atoms with Crippen molar-refractivity contribution >= 4 is 23.6 Å². The quantitative estimate of drug-likeness (QED) is 0.539. The van der Waals surface area contributed by atoms with Gasteiger partial charge in [0.15, 0.2) is 11.9 Å². The van der Waals surface area contributed by atoms with E-state index in [4.69, 9.17) is 9.26 Å². The van der Waals surface area contributed by atoms with Crippen LogP contribution in [-0.4, -0.2) is 29.0 Å². The number of rotatable bonds is 8. The normalized spacial score (nSPS) is 12.5.